The lowest BCUT2D eigenvalue weighted by Crippen LogP contribution is -2.37. The molecule has 9 rings (SSSR count). The van der Waals surface area contributed by atoms with Crippen molar-refractivity contribution >= 4 is 30.9 Å². The number of hydrogen-bond acceptors (Lipinski definition) is 18. The van der Waals surface area contributed by atoms with Gasteiger partial charge in [-0.15, -0.1) is 0 Å². The molecule has 8 heterocycles. The summed E-state index contributed by atoms with van der Waals surface area (Å²) in [5.41, 5.74) is 2.85. The molecule has 21 heteroatoms. The van der Waals surface area contributed by atoms with Crippen molar-refractivity contribution in [2.24, 2.45) is 0 Å². The molecule has 0 saturated carbocycles. The van der Waals surface area contributed by atoms with Crippen LogP contribution < -0.4 is 9.47 Å². The standard InChI is InChI=1S/C28H35N6O5P.C16H21N5O4/c1-5-20-23(38-40-34-15-9-13-21(34)28(3,39-40)19-11-7-6-8-12-19)24(35-4)27(37-20)33-17-30-22-25(33)31-18(2)32-26(22)36-16-10-14-29;1-4-10-12(22)13(23-3)16(25-10)21-8-18-11-14(21)19-9(2)20-15(11)24-7-5-6-17/h6-8,11-12,17,20-21,23-24,27H,5,9-10,13,15-16H2,1-4H3;8,10,12-13,16,22H,4-5,7H2,1-3H3/t20-,21+,23?,24+,27-,28-,40+;10-,12?,13+,16-/m11/s1. The summed E-state index contributed by atoms with van der Waals surface area (Å²) in [7, 11) is 1.89. The van der Waals surface area contributed by atoms with E-state index in [1.54, 1.807) is 38.2 Å². The molecule has 4 aliphatic heterocycles. The second-order valence-electron chi connectivity index (χ2n) is 16.3. The molecule has 11 atom stereocenters. The van der Waals surface area contributed by atoms with Gasteiger partial charge in [-0.3, -0.25) is 9.13 Å². The van der Waals surface area contributed by atoms with E-state index in [0.717, 1.165) is 25.8 Å². The van der Waals surface area contributed by atoms with Crippen LogP contribution in [0.5, 0.6) is 11.8 Å². The van der Waals surface area contributed by atoms with E-state index in [1.165, 1.54) is 12.7 Å². The highest BCUT2D eigenvalue weighted by atomic mass is 31.2. The van der Waals surface area contributed by atoms with Crippen molar-refractivity contribution in [1.82, 2.24) is 43.7 Å². The number of nitriles is 2. The second-order valence-corrected chi connectivity index (χ2v) is 17.7. The summed E-state index contributed by atoms with van der Waals surface area (Å²) in [5, 5.41) is 27.9. The summed E-state index contributed by atoms with van der Waals surface area (Å²) in [6, 6.07) is 14.8. The van der Waals surface area contributed by atoms with Gasteiger partial charge in [0.1, 0.15) is 54.9 Å². The smallest absolute Gasteiger partial charge is 0.260 e. The lowest BCUT2D eigenvalue weighted by Gasteiger charge is -2.29. The van der Waals surface area contributed by atoms with Gasteiger partial charge in [0, 0.05) is 20.8 Å². The maximum absolute atomic E-state index is 10.4. The van der Waals surface area contributed by atoms with E-state index in [4.69, 9.17) is 48.0 Å². The van der Waals surface area contributed by atoms with Gasteiger partial charge in [-0.25, -0.2) is 24.6 Å². The minimum Gasteiger partial charge on any atom is -0.475 e. The van der Waals surface area contributed by atoms with Crippen LogP contribution in [0, 0.1) is 36.5 Å². The van der Waals surface area contributed by atoms with E-state index < -0.39 is 44.9 Å². The predicted octanol–water partition coefficient (Wildman–Crippen LogP) is 5.88. The van der Waals surface area contributed by atoms with Crippen molar-refractivity contribution in [3.63, 3.8) is 0 Å². The first-order chi connectivity index (χ1) is 31.6. The predicted molar refractivity (Wildman–Crippen MR) is 234 cm³/mol. The van der Waals surface area contributed by atoms with Crippen molar-refractivity contribution in [2.45, 2.75) is 134 Å². The Labute approximate surface area is 378 Å². The Morgan fingerprint density at radius 2 is 1.35 bits per heavy atom. The molecule has 1 aromatic carbocycles. The van der Waals surface area contributed by atoms with E-state index in [-0.39, 0.29) is 50.4 Å². The number of methoxy groups -OCH3 is 2. The number of aromatic nitrogens is 8. The van der Waals surface area contributed by atoms with E-state index in [0.29, 0.717) is 52.2 Å². The first kappa shape index (κ1) is 46.5. The Balaban J connectivity index is 0.000000198. The van der Waals surface area contributed by atoms with Crippen LogP contribution in [0.1, 0.15) is 89.0 Å². The number of benzene rings is 1. The number of aryl methyl sites for hydroxylation is 2. The molecule has 346 valence electrons. The van der Waals surface area contributed by atoms with Gasteiger partial charge in [-0.2, -0.15) is 20.5 Å². The Hall–Kier alpha value is -4.99. The number of hydrogen-bond donors (Lipinski definition) is 1. The maximum atomic E-state index is 10.4. The Morgan fingerprint density at radius 1 is 0.800 bits per heavy atom. The van der Waals surface area contributed by atoms with Crippen LogP contribution >= 0.6 is 8.53 Å². The normalized spacial score (nSPS) is 29.7. The van der Waals surface area contributed by atoms with Crippen LogP contribution in [-0.2, 0) is 33.6 Å². The molecule has 2 unspecified atom stereocenters. The topological polar surface area (TPSA) is 232 Å². The first-order valence-corrected chi connectivity index (χ1v) is 23.2. The van der Waals surface area contributed by atoms with Gasteiger partial charge < -0.3 is 42.6 Å². The van der Waals surface area contributed by atoms with Crippen LogP contribution in [0.2, 0.25) is 0 Å². The van der Waals surface area contributed by atoms with E-state index in [1.807, 2.05) is 23.6 Å². The molecule has 20 nitrogen and oxygen atoms in total. The SMILES string of the molecule is CC[C@H]1O[C@@H](n2cnc3c(OCCC#N)nc(C)nc32)[C@@H](OC)C1O.CC[C@H]1O[C@@H](n2cnc3c(OCCC#N)nc(C)nc32)[C@@H](OC)C1O[P@@]1O[C@](C)(c2ccccc2)[C@@H]2CCCN21. The van der Waals surface area contributed by atoms with Crippen LogP contribution in [-0.4, -0.2) is 125 Å². The summed E-state index contributed by atoms with van der Waals surface area (Å²) >= 11 is 0. The largest absolute Gasteiger partial charge is 0.475 e. The Bertz CT molecular complexity index is 2500. The number of nitrogens with zero attached hydrogens (tertiary/aromatic N) is 11. The third-order valence-corrected chi connectivity index (χ3v) is 14.2. The number of fused-ring (bicyclic) bond motifs is 3. The monoisotopic (exact) mass is 913 g/mol. The Morgan fingerprint density at radius 3 is 1.89 bits per heavy atom. The fourth-order valence-corrected chi connectivity index (χ4v) is 11.3. The van der Waals surface area contributed by atoms with Crippen LogP contribution in [0.4, 0.5) is 0 Å². The molecule has 4 aliphatic rings. The average Bonchev–Trinajstić information content (AvgIpc) is 4.18. The molecular formula is C44H56N11O9P. The molecule has 5 aromatic rings. The molecule has 65 heavy (non-hydrogen) atoms. The highest BCUT2D eigenvalue weighted by molar-refractivity contribution is 7.45. The average molecular weight is 914 g/mol. The summed E-state index contributed by atoms with van der Waals surface area (Å²) in [4.78, 5) is 26.6. The van der Waals surface area contributed by atoms with Crippen LogP contribution in [0.3, 0.4) is 0 Å². The zero-order chi connectivity index (χ0) is 45.8. The lowest BCUT2D eigenvalue weighted by molar-refractivity contribution is -0.0497. The molecule has 4 aromatic heterocycles. The van der Waals surface area contributed by atoms with Crippen molar-refractivity contribution < 1.29 is 42.6 Å². The third kappa shape index (κ3) is 9.00. The zero-order valence-electron chi connectivity index (χ0n) is 37.7. The molecule has 1 N–H and O–H groups in total. The first-order valence-electron chi connectivity index (χ1n) is 22.0. The third-order valence-electron chi connectivity index (χ3n) is 12.3. The minimum atomic E-state index is -1.33. The fraction of sp³-hybridized carbons (Fsp3) is 0.591. The van der Waals surface area contributed by atoms with Crippen molar-refractivity contribution in [2.75, 3.05) is 34.0 Å². The van der Waals surface area contributed by atoms with Gasteiger partial charge >= 0.3 is 0 Å². The molecule has 0 amide bonds. The number of ether oxygens (including phenoxy) is 6. The summed E-state index contributed by atoms with van der Waals surface area (Å²) in [6.45, 7) is 11.2. The fourth-order valence-electron chi connectivity index (χ4n) is 9.11. The van der Waals surface area contributed by atoms with Crippen LogP contribution in [0.15, 0.2) is 43.0 Å². The number of aliphatic hydroxyl groups is 1. The molecule has 4 saturated heterocycles. The van der Waals surface area contributed by atoms with Gasteiger partial charge in [0.05, 0.1) is 55.9 Å². The zero-order valence-corrected chi connectivity index (χ0v) is 38.6. The maximum Gasteiger partial charge on any atom is 0.260 e. The van der Waals surface area contributed by atoms with Crippen molar-refractivity contribution in [1.29, 1.82) is 10.5 Å². The van der Waals surface area contributed by atoms with Gasteiger partial charge in [0.25, 0.3) is 8.53 Å². The Kier molecular flexibility index (Phi) is 14.5. The van der Waals surface area contributed by atoms with E-state index in [9.17, 15) is 5.11 Å². The minimum absolute atomic E-state index is 0.211. The molecule has 4 fully saturated rings. The highest BCUT2D eigenvalue weighted by Gasteiger charge is 2.57. The van der Waals surface area contributed by atoms with Crippen LogP contribution in [0.25, 0.3) is 22.3 Å². The molecule has 0 aliphatic carbocycles. The quantitative estimate of drug-likeness (QED) is 0.0954. The summed E-state index contributed by atoms with van der Waals surface area (Å²) in [5.74, 6) is 1.74. The lowest BCUT2D eigenvalue weighted by atomic mass is 9.87. The molecule has 0 bridgehead atoms. The second kappa shape index (κ2) is 20.3. The van der Waals surface area contributed by atoms with Gasteiger partial charge in [-0.1, -0.05) is 44.2 Å². The van der Waals surface area contributed by atoms with E-state index in [2.05, 4.69) is 78.8 Å². The van der Waals surface area contributed by atoms with E-state index >= 15 is 0 Å². The van der Waals surface area contributed by atoms with Gasteiger partial charge in [-0.05, 0) is 52.0 Å². The van der Waals surface area contributed by atoms with Gasteiger partial charge in [0.2, 0.25) is 11.8 Å². The number of imidazole rings is 2. The van der Waals surface area contributed by atoms with Gasteiger partial charge in [0.15, 0.2) is 34.8 Å². The number of aliphatic hydroxyl groups excluding tert-OH is 1. The molecule has 0 spiro atoms. The molecular weight excluding hydrogens is 858 g/mol. The van der Waals surface area contributed by atoms with Crippen molar-refractivity contribution in [3.8, 4) is 23.9 Å². The summed E-state index contributed by atoms with van der Waals surface area (Å²) < 4.78 is 55.0. The number of rotatable bonds is 15. The highest BCUT2D eigenvalue weighted by Crippen LogP contribution is 2.64. The molecule has 0 radical (unpaired) electrons. The summed E-state index contributed by atoms with van der Waals surface area (Å²) in [6.07, 6.45) is 3.76. The van der Waals surface area contributed by atoms with Crippen molar-refractivity contribution in [3.05, 3.63) is 60.2 Å².